The molecule has 3 heterocycles. The minimum Gasteiger partial charge on any atom is -0.505 e. The van der Waals surface area contributed by atoms with E-state index >= 15 is 0 Å². The molecule has 3 aliphatic rings. The molecule has 338 valence electrons. The molecule has 23 heteroatoms. The molecule has 71 heavy (non-hydrogen) atoms. The Hall–Kier alpha value is -10.2. The smallest absolute Gasteiger partial charge is 0.505 e. The zero-order valence-electron chi connectivity index (χ0n) is 38.6. The monoisotopic (exact) mass is 948 g/mol. The van der Waals surface area contributed by atoms with E-state index in [9.17, 15) is 4.39 Å². The molecule has 0 amide bonds. The molecule has 0 N–H and O–H groups in total. The third-order valence-corrected chi connectivity index (χ3v) is 9.63. The standard InChI is InChI=1S/C16H10FN3O.2C16H10N6O.N3.Na/c1-16(2)13(10-5-7-11(17)8-6-10)14(20-4)15(21-16)12(9-18)19-3;2*1-16(2)13(10-5-7-11(8-6-10)21-22-18)14(20-4)15(23-16)12(9-17)19-3;1-3-2;/h5-8H,1-2H3;2*5-8H,1-2H3;;/q;;;-1;+1/b3*15-12+;;. The first kappa shape index (κ1) is 56.9. The molecule has 0 saturated carbocycles. The van der Waals surface area contributed by atoms with Gasteiger partial charge < -0.3 is 25.3 Å². The number of hydrogen-bond acceptors (Lipinski definition) is 8. The molecule has 0 bridgehead atoms. The van der Waals surface area contributed by atoms with Crippen molar-refractivity contribution in [3.63, 3.8) is 0 Å². The van der Waals surface area contributed by atoms with E-state index < -0.39 is 16.8 Å². The van der Waals surface area contributed by atoms with Gasteiger partial charge in [0.25, 0.3) is 17.1 Å². The summed E-state index contributed by atoms with van der Waals surface area (Å²) in [5, 5.41) is 34.1. The molecule has 6 rings (SSSR count). The number of ether oxygens (including phenoxy) is 3. The van der Waals surface area contributed by atoms with Crippen molar-refractivity contribution < 1.29 is 48.2 Å². The van der Waals surface area contributed by atoms with Crippen LogP contribution in [0.25, 0.3) is 82.6 Å². The predicted octanol–water partition coefficient (Wildman–Crippen LogP) is 11.2. The van der Waals surface area contributed by atoms with E-state index in [2.05, 4.69) is 49.1 Å². The van der Waals surface area contributed by atoms with Gasteiger partial charge in [-0.1, -0.05) is 70.9 Å². The van der Waals surface area contributed by atoms with Crippen LogP contribution in [0.15, 0.2) is 134 Å². The summed E-state index contributed by atoms with van der Waals surface area (Å²) >= 11 is 0. The van der Waals surface area contributed by atoms with E-state index in [0.717, 1.165) is 0 Å². The van der Waals surface area contributed by atoms with E-state index in [0.29, 0.717) is 44.8 Å². The predicted molar refractivity (Wildman–Crippen MR) is 251 cm³/mol. The average molecular weight is 949 g/mol. The third-order valence-electron chi connectivity index (χ3n) is 9.63. The summed E-state index contributed by atoms with van der Waals surface area (Å²) in [7, 11) is 0. The summed E-state index contributed by atoms with van der Waals surface area (Å²) in [5.74, 6) is -0.366. The Morgan fingerprint density at radius 2 is 0.732 bits per heavy atom. The SMILES string of the molecule is [C-]#[N+]C1=C(c2ccc(F)cc2)C(C)(C)O/C1=C(\C#N)[N+]#[C-].[C-]#[N+]C1=C(c2ccc(N=[N+]=[N-])cc2)C(C)(C)O/C1=C(\C#N)[N+]#[C-].[C-]#[N+]C1=C(c2ccc(N=[N+]=[N-])cc2)C(C)(C)O/C1=C(\C#N)[N+]#[C-].[N-]=[N+]=[N-].[Na+]. The summed E-state index contributed by atoms with van der Waals surface area (Å²) in [5.41, 5.74) is 32.1. The van der Waals surface area contributed by atoms with Crippen LogP contribution in [0.5, 0.6) is 0 Å². The number of azide groups is 2. The van der Waals surface area contributed by atoms with Crippen LogP contribution in [-0.2, 0) is 14.2 Å². The number of hydrogen-bond donors (Lipinski definition) is 0. The normalized spacial score (nSPS) is 16.6. The first-order valence-electron chi connectivity index (χ1n) is 19.4. The Morgan fingerprint density at radius 1 is 0.493 bits per heavy atom. The van der Waals surface area contributed by atoms with E-state index in [1.165, 1.54) is 17.0 Å². The Labute approximate surface area is 428 Å². The van der Waals surface area contributed by atoms with Gasteiger partial charge in [-0.25, -0.2) is 49.2 Å². The summed E-state index contributed by atoms with van der Waals surface area (Å²) in [4.78, 5) is 26.6. The first-order chi connectivity index (χ1) is 33.3. The third kappa shape index (κ3) is 12.8. The molecule has 0 saturated heterocycles. The minimum atomic E-state index is -0.875. The maximum absolute atomic E-state index is 13.1. The summed E-state index contributed by atoms with van der Waals surface area (Å²) in [6, 6.07) is 24.3. The van der Waals surface area contributed by atoms with Crippen LogP contribution in [0.1, 0.15) is 58.2 Å². The number of nitrogens with zero attached hydrogens (tertiary/aromatic N) is 18. The van der Waals surface area contributed by atoms with Crippen molar-refractivity contribution in [1.29, 1.82) is 15.8 Å². The molecule has 0 atom stereocenters. The zero-order valence-corrected chi connectivity index (χ0v) is 40.6. The second kappa shape index (κ2) is 25.1. The van der Waals surface area contributed by atoms with Gasteiger partial charge in [-0.3, -0.25) is 4.91 Å². The second-order valence-electron chi connectivity index (χ2n) is 15.1. The van der Waals surface area contributed by atoms with Crippen molar-refractivity contribution in [3.05, 3.63) is 252 Å². The van der Waals surface area contributed by atoms with Gasteiger partial charge in [-0.05, 0) is 81.4 Å². The second-order valence-corrected chi connectivity index (χ2v) is 15.1. The van der Waals surface area contributed by atoms with Crippen molar-refractivity contribution in [2.75, 3.05) is 0 Å². The van der Waals surface area contributed by atoms with Crippen LogP contribution in [0.4, 0.5) is 15.8 Å². The number of halogens is 1. The molecule has 21 nitrogen and oxygen atoms in total. The number of benzene rings is 3. The van der Waals surface area contributed by atoms with E-state index in [1.807, 2.05) is 0 Å². The molecule has 0 spiro atoms. The maximum Gasteiger partial charge on any atom is 1.00 e. The number of nitriles is 3. The van der Waals surface area contributed by atoms with Gasteiger partial charge in [0.2, 0.25) is 17.1 Å². The Kier molecular flexibility index (Phi) is 20.1. The first-order valence-corrected chi connectivity index (χ1v) is 19.4. The van der Waals surface area contributed by atoms with Crippen molar-refractivity contribution >= 4 is 28.1 Å². The van der Waals surface area contributed by atoms with Crippen LogP contribution in [0.3, 0.4) is 0 Å². The van der Waals surface area contributed by atoms with Gasteiger partial charge in [-0.15, -0.1) is 0 Å². The van der Waals surface area contributed by atoms with Crippen LogP contribution >= 0.6 is 0 Å². The molecule has 3 aliphatic heterocycles. The summed E-state index contributed by atoms with van der Waals surface area (Å²) in [6.45, 7) is 53.8. The van der Waals surface area contributed by atoms with E-state index in [1.54, 1.807) is 120 Å². The van der Waals surface area contributed by atoms with Crippen molar-refractivity contribution in [1.82, 2.24) is 0 Å². The molecule has 0 aromatic heterocycles. The van der Waals surface area contributed by atoms with Crippen LogP contribution < -0.4 is 29.6 Å². The minimum absolute atomic E-state index is 0. The van der Waals surface area contributed by atoms with E-state index in [4.69, 9.17) is 91.6 Å². The molecular weight excluding hydrogens is 919 g/mol. The maximum atomic E-state index is 13.1. The van der Waals surface area contributed by atoms with E-state index in [-0.39, 0.29) is 86.8 Å². The summed E-state index contributed by atoms with van der Waals surface area (Å²) in [6.07, 6.45) is 0. The molecule has 0 fully saturated rings. The topological polar surface area (TPSA) is 281 Å². The van der Waals surface area contributed by atoms with Gasteiger partial charge in [0.05, 0.1) is 57.6 Å². The van der Waals surface area contributed by atoms with Crippen LogP contribution in [-0.4, -0.2) is 16.8 Å². The quantitative estimate of drug-likeness (QED) is 0.0598. The summed E-state index contributed by atoms with van der Waals surface area (Å²) < 4.78 is 30.1. The molecule has 3 aromatic rings. The zero-order chi connectivity index (χ0) is 52.4. The largest absolute Gasteiger partial charge is 1.00 e. The molecule has 0 aliphatic carbocycles. The fourth-order valence-corrected chi connectivity index (χ4v) is 7.00. The Bertz CT molecular complexity index is 3190. The van der Waals surface area contributed by atoms with Gasteiger partial charge in [0.1, 0.15) is 39.9 Å². The molecular formula is C48H30FN18NaO3. The Balaban J connectivity index is 0.000000353. The van der Waals surface area contributed by atoms with Gasteiger partial charge in [0, 0.05) is 37.9 Å². The molecule has 0 radical (unpaired) electrons. The van der Waals surface area contributed by atoms with Crippen molar-refractivity contribution in [2.24, 2.45) is 10.2 Å². The fourth-order valence-electron chi connectivity index (χ4n) is 7.00. The molecule has 3 aromatic carbocycles. The van der Waals surface area contributed by atoms with Crippen LogP contribution in [0, 0.1) is 79.2 Å². The fraction of sp³-hybridized carbons (Fsp3) is 0.188. The van der Waals surface area contributed by atoms with Crippen molar-refractivity contribution in [3.8, 4) is 18.2 Å². The Morgan fingerprint density at radius 3 is 0.930 bits per heavy atom. The van der Waals surface area contributed by atoms with Crippen LogP contribution in [0.2, 0.25) is 0 Å². The number of rotatable bonds is 5. The number of allylic oxidation sites excluding steroid dienone is 3. The van der Waals surface area contributed by atoms with Gasteiger partial charge >= 0.3 is 29.6 Å². The van der Waals surface area contributed by atoms with Crippen molar-refractivity contribution in [2.45, 2.75) is 58.3 Å². The van der Waals surface area contributed by atoms with Gasteiger partial charge in [0.15, 0.2) is 0 Å². The molecule has 0 unspecified atom stereocenters. The average Bonchev–Trinajstić information content (AvgIpc) is 3.89. The van der Waals surface area contributed by atoms with Gasteiger partial charge in [-0.2, -0.15) is 0 Å².